The zero-order chi connectivity index (χ0) is 30.8. The van der Waals surface area contributed by atoms with Gasteiger partial charge in [-0.15, -0.1) is 0 Å². The molecule has 0 saturated carbocycles. The van der Waals surface area contributed by atoms with Gasteiger partial charge in [-0.05, 0) is 50.2 Å². The predicted molar refractivity (Wildman–Crippen MR) is 176 cm³/mol. The number of carbonyl (C=O) groups excluding carboxylic acids is 2. The number of rotatable bonds is 7. The number of piperidine rings is 1. The van der Waals surface area contributed by atoms with E-state index in [0.717, 1.165) is 61.2 Å². The summed E-state index contributed by atoms with van der Waals surface area (Å²) in [5.41, 5.74) is 4.92. The van der Waals surface area contributed by atoms with Gasteiger partial charge in [0.15, 0.2) is 0 Å². The number of hydrogen-bond acceptors (Lipinski definition) is 7. The molecule has 228 valence electrons. The number of aryl methyl sites for hydroxylation is 1. The average molecular weight is 613 g/mol. The van der Waals surface area contributed by atoms with E-state index in [4.69, 9.17) is 16.6 Å². The van der Waals surface area contributed by atoms with Gasteiger partial charge in [0.05, 0.1) is 28.3 Å². The number of aromatic nitrogens is 3. The lowest BCUT2D eigenvalue weighted by molar-refractivity contribution is -0.111. The van der Waals surface area contributed by atoms with Crippen molar-refractivity contribution in [2.75, 3.05) is 61.8 Å². The fourth-order valence-corrected chi connectivity index (χ4v) is 6.20. The number of nitrogens with zero attached hydrogens (tertiary/aromatic N) is 6. The van der Waals surface area contributed by atoms with E-state index in [1.807, 2.05) is 42.4 Å². The Morgan fingerprint density at radius 2 is 1.77 bits per heavy atom. The zero-order valence-corrected chi connectivity index (χ0v) is 25.8. The molecule has 44 heavy (non-hydrogen) atoms. The average Bonchev–Trinajstić information content (AvgIpc) is 3.38. The number of nitrogens with one attached hydrogen (secondary N) is 2. The standard InChI is InChI=1S/C33H37ClN8O2/c1-4-30(43)37-27-10-9-22(19-29(27)41-17-15-39(2)16-18-41)32(44)42-13-11-23(12-14-42)36-33-35-20-26(34)31(38-33)25-21-40(3)28-8-6-5-7-24(25)28/h4-10,19-21,23H,1,11-18H2,2-3H3,(H,37,43)(H,35,36,38). The molecule has 0 unspecified atom stereocenters. The van der Waals surface area contributed by atoms with Gasteiger partial charge < -0.3 is 29.9 Å². The third-order valence-electron chi connectivity index (χ3n) is 8.54. The molecule has 0 aliphatic carbocycles. The van der Waals surface area contributed by atoms with Crippen LogP contribution in [0.4, 0.5) is 17.3 Å². The molecule has 6 rings (SSSR count). The number of anilines is 3. The number of para-hydroxylation sites is 1. The van der Waals surface area contributed by atoms with E-state index < -0.39 is 0 Å². The first kappa shape index (κ1) is 29.7. The minimum atomic E-state index is -0.275. The Morgan fingerprint density at radius 1 is 1.02 bits per heavy atom. The van der Waals surface area contributed by atoms with Gasteiger partial charge in [-0.3, -0.25) is 9.59 Å². The van der Waals surface area contributed by atoms with Crippen LogP contribution in [-0.2, 0) is 11.8 Å². The number of hydrogen-bond donors (Lipinski definition) is 2. The Kier molecular flexibility index (Phi) is 8.54. The van der Waals surface area contributed by atoms with Crippen molar-refractivity contribution in [1.29, 1.82) is 0 Å². The summed E-state index contributed by atoms with van der Waals surface area (Å²) in [5.74, 6) is 0.237. The van der Waals surface area contributed by atoms with Crippen LogP contribution in [0.2, 0.25) is 5.02 Å². The zero-order valence-electron chi connectivity index (χ0n) is 25.1. The molecule has 2 aliphatic heterocycles. The Morgan fingerprint density at radius 3 is 2.52 bits per heavy atom. The number of carbonyl (C=O) groups is 2. The van der Waals surface area contributed by atoms with Gasteiger partial charge in [0, 0.05) is 80.6 Å². The number of fused-ring (bicyclic) bond motifs is 1. The molecular formula is C33H37ClN8O2. The second-order valence-corrected chi connectivity index (χ2v) is 11.9. The number of likely N-dealkylation sites (N-methyl/N-ethyl adjacent to an activating group) is 1. The van der Waals surface area contributed by atoms with Gasteiger partial charge in [0.1, 0.15) is 0 Å². The number of amides is 2. The molecule has 0 atom stereocenters. The Balaban J connectivity index is 1.13. The lowest BCUT2D eigenvalue weighted by Gasteiger charge is -2.36. The third kappa shape index (κ3) is 6.13. The first-order valence-corrected chi connectivity index (χ1v) is 15.3. The fourth-order valence-electron chi connectivity index (χ4n) is 6.01. The molecule has 4 aromatic rings. The summed E-state index contributed by atoms with van der Waals surface area (Å²) in [6, 6.07) is 13.8. The smallest absolute Gasteiger partial charge is 0.253 e. The molecule has 2 N–H and O–H groups in total. The maximum Gasteiger partial charge on any atom is 0.253 e. The monoisotopic (exact) mass is 612 g/mol. The molecule has 2 fully saturated rings. The van der Waals surface area contributed by atoms with Crippen molar-refractivity contribution in [3.05, 3.63) is 78.1 Å². The molecule has 4 heterocycles. The summed E-state index contributed by atoms with van der Waals surface area (Å²) in [4.78, 5) is 41.4. The maximum atomic E-state index is 13.6. The van der Waals surface area contributed by atoms with Crippen molar-refractivity contribution >= 4 is 51.6 Å². The molecule has 10 nitrogen and oxygen atoms in total. The van der Waals surface area contributed by atoms with Crippen LogP contribution >= 0.6 is 11.6 Å². The molecule has 0 radical (unpaired) electrons. The number of benzene rings is 2. The minimum absolute atomic E-state index is 0.0126. The van der Waals surface area contributed by atoms with Crippen LogP contribution in [0.1, 0.15) is 23.2 Å². The Labute approximate surface area is 262 Å². The van der Waals surface area contributed by atoms with Gasteiger partial charge in [-0.25, -0.2) is 9.97 Å². The molecule has 2 aliphatic rings. The highest BCUT2D eigenvalue weighted by molar-refractivity contribution is 6.33. The molecule has 0 bridgehead atoms. The molecule has 2 saturated heterocycles. The highest BCUT2D eigenvalue weighted by atomic mass is 35.5. The SMILES string of the molecule is C=CC(=O)Nc1ccc(C(=O)N2CCC(Nc3ncc(Cl)c(-c4cn(C)c5ccccc45)n3)CC2)cc1N1CCN(C)CC1. The number of halogens is 1. The summed E-state index contributed by atoms with van der Waals surface area (Å²) in [6.07, 6.45) is 6.47. The number of likely N-dealkylation sites (tertiary alicyclic amines) is 1. The van der Waals surface area contributed by atoms with E-state index in [9.17, 15) is 9.59 Å². The van der Waals surface area contributed by atoms with Crippen LogP contribution in [0.25, 0.3) is 22.2 Å². The summed E-state index contributed by atoms with van der Waals surface area (Å²) >= 11 is 6.57. The quantitative estimate of drug-likeness (QED) is 0.287. The normalized spacial score (nSPS) is 16.2. The topological polar surface area (TPSA) is 98.6 Å². The van der Waals surface area contributed by atoms with Gasteiger partial charge in [0.25, 0.3) is 5.91 Å². The van der Waals surface area contributed by atoms with Gasteiger partial charge in [0.2, 0.25) is 11.9 Å². The Bertz CT molecular complexity index is 1700. The largest absolute Gasteiger partial charge is 0.367 e. The lowest BCUT2D eigenvalue weighted by Crippen LogP contribution is -2.45. The van der Waals surface area contributed by atoms with Crippen LogP contribution in [0.5, 0.6) is 0 Å². The highest BCUT2D eigenvalue weighted by Gasteiger charge is 2.26. The molecule has 2 aromatic carbocycles. The molecule has 2 aromatic heterocycles. The van der Waals surface area contributed by atoms with Crippen LogP contribution in [0, 0.1) is 0 Å². The van der Waals surface area contributed by atoms with E-state index in [1.165, 1.54) is 6.08 Å². The molecule has 2 amide bonds. The van der Waals surface area contributed by atoms with Crippen LogP contribution < -0.4 is 15.5 Å². The second kappa shape index (κ2) is 12.7. The van der Waals surface area contributed by atoms with Crippen LogP contribution in [-0.4, -0.2) is 88.5 Å². The summed E-state index contributed by atoms with van der Waals surface area (Å²) in [7, 11) is 4.11. The van der Waals surface area contributed by atoms with Gasteiger partial charge in [-0.2, -0.15) is 0 Å². The van der Waals surface area contributed by atoms with E-state index in [-0.39, 0.29) is 17.9 Å². The van der Waals surface area contributed by atoms with Crippen molar-refractivity contribution in [3.63, 3.8) is 0 Å². The summed E-state index contributed by atoms with van der Waals surface area (Å²) in [5, 5.41) is 7.96. The van der Waals surface area contributed by atoms with Crippen LogP contribution in [0.3, 0.4) is 0 Å². The predicted octanol–water partition coefficient (Wildman–Crippen LogP) is 4.88. The van der Waals surface area contributed by atoms with E-state index >= 15 is 0 Å². The van der Waals surface area contributed by atoms with Crippen molar-refractivity contribution < 1.29 is 9.59 Å². The van der Waals surface area contributed by atoms with Crippen LogP contribution in [0.15, 0.2) is 67.5 Å². The number of piperazine rings is 1. The first-order valence-electron chi connectivity index (χ1n) is 14.9. The molecule has 11 heteroatoms. The maximum absolute atomic E-state index is 13.6. The van der Waals surface area contributed by atoms with E-state index in [1.54, 1.807) is 12.3 Å². The first-order chi connectivity index (χ1) is 21.3. The third-order valence-corrected chi connectivity index (χ3v) is 8.82. The minimum Gasteiger partial charge on any atom is -0.367 e. The van der Waals surface area contributed by atoms with Crippen molar-refractivity contribution in [2.45, 2.75) is 18.9 Å². The van der Waals surface area contributed by atoms with Gasteiger partial charge in [-0.1, -0.05) is 36.4 Å². The lowest BCUT2D eigenvalue weighted by atomic mass is 10.0. The highest BCUT2D eigenvalue weighted by Crippen LogP contribution is 2.34. The van der Waals surface area contributed by atoms with Crippen molar-refractivity contribution in [1.82, 2.24) is 24.3 Å². The fraction of sp³-hybridized carbons (Fsp3) is 0.333. The summed E-state index contributed by atoms with van der Waals surface area (Å²) < 4.78 is 2.07. The van der Waals surface area contributed by atoms with Crippen molar-refractivity contribution in [3.8, 4) is 11.3 Å². The molecular weight excluding hydrogens is 576 g/mol. The van der Waals surface area contributed by atoms with E-state index in [0.29, 0.717) is 41.0 Å². The Hall–Kier alpha value is -4.41. The summed E-state index contributed by atoms with van der Waals surface area (Å²) in [6.45, 7) is 8.24. The second-order valence-electron chi connectivity index (χ2n) is 11.5. The van der Waals surface area contributed by atoms with Crippen molar-refractivity contribution in [2.24, 2.45) is 7.05 Å². The van der Waals surface area contributed by atoms with E-state index in [2.05, 4.69) is 55.7 Å². The molecule has 0 spiro atoms. The van der Waals surface area contributed by atoms with Gasteiger partial charge >= 0.3 is 0 Å².